The molecular weight excluding hydrogens is 441 g/mol. The maximum Gasteiger partial charge on any atom is 0.330 e. The zero-order chi connectivity index (χ0) is 20.1. The fourth-order valence-corrected chi connectivity index (χ4v) is 6.18. The molecule has 4 rings (SSSR count). The van der Waals surface area contributed by atoms with Crippen LogP contribution in [-0.2, 0) is 0 Å². The second-order valence-corrected chi connectivity index (χ2v) is 10.6. The first-order chi connectivity index (χ1) is 14.2. The van der Waals surface area contributed by atoms with Gasteiger partial charge in [0, 0.05) is 10.5 Å². The third kappa shape index (κ3) is 5.39. The van der Waals surface area contributed by atoms with Gasteiger partial charge in [-0.3, -0.25) is 10.0 Å². The summed E-state index contributed by atoms with van der Waals surface area (Å²) in [5.41, 5.74) is 1.77. The van der Waals surface area contributed by atoms with Gasteiger partial charge in [0.2, 0.25) is 0 Å². The minimum Gasteiger partial charge on any atom is -0.297 e. The lowest BCUT2D eigenvalue weighted by molar-refractivity contribution is -0.418. The van der Waals surface area contributed by atoms with Gasteiger partial charge in [-0.1, -0.05) is 60.3 Å². The van der Waals surface area contributed by atoms with Gasteiger partial charge in [-0.25, -0.2) is 9.78 Å². The Kier molecular flexibility index (Phi) is 6.50. The highest BCUT2D eigenvalue weighted by Crippen LogP contribution is 2.34. The zero-order valence-electron chi connectivity index (χ0n) is 15.3. The van der Waals surface area contributed by atoms with Gasteiger partial charge < -0.3 is 0 Å². The number of hydrogen-bond acceptors (Lipinski definition) is 6. The Morgan fingerprint density at radius 2 is 1.76 bits per heavy atom. The van der Waals surface area contributed by atoms with Crippen molar-refractivity contribution in [3.63, 3.8) is 0 Å². The molecule has 0 radical (unpaired) electrons. The minimum absolute atomic E-state index is 0.283. The van der Waals surface area contributed by atoms with E-state index >= 15 is 0 Å². The number of rotatable bonds is 6. The molecule has 0 atom stereocenters. The summed E-state index contributed by atoms with van der Waals surface area (Å²) in [5.74, 6) is 0. The lowest BCUT2D eigenvalue weighted by Gasteiger charge is -2.05. The van der Waals surface area contributed by atoms with Crippen molar-refractivity contribution in [3.8, 4) is 11.3 Å². The fraction of sp³-hybridized carbons (Fsp3) is 0.0500. The van der Waals surface area contributed by atoms with E-state index in [1.165, 1.54) is 28.2 Å². The van der Waals surface area contributed by atoms with Gasteiger partial charge >= 0.3 is 10.4 Å². The van der Waals surface area contributed by atoms with Crippen LogP contribution >= 0.6 is 46.4 Å². The number of aromatic amines is 1. The Labute approximate surface area is 185 Å². The van der Waals surface area contributed by atoms with Crippen molar-refractivity contribution in [3.05, 3.63) is 71.9 Å². The van der Waals surface area contributed by atoms with Crippen molar-refractivity contribution in [2.24, 2.45) is 0 Å². The molecule has 0 saturated heterocycles. The maximum atomic E-state index is 12.4. The first kappa shape index (κ1) is 20.0. The molecule has 5 nitrogen and oxygen atoms in total. The van der Waals surface area contributed by atoms with Crippen LogP contribution in [0.2, 0.25) is 0 Å². The second kappa shape index (κ2) is 9.45. The zero-order valence-corrected chi connectivity index (χ0v) is 18.6. The molecule has 29 heavy (non-hydrogen) atoms. The van der Waals surface area contributed by atoms with Crippen LogP contribution in [0.15, 0.2) is 80.3 Å². The number of thiazole rings is 2. The Bertz CT molecular complexity index is 1100. The first-order valence-electron chi connectivity index (χ1n) is 8.68. The van der Waals surface area contributed by atoms with Crippen LogP contribution in [0.25, 0.3) is 11.3 Å². The summed E-state index contributed by atoms with van der Waals surface area (Å²) in [5, 5.41) is 4.56. The van der Waals surface area contributed by atoms with Crippen LogP contribution in [0.5, 0.6) is 0 Å². The van der Waals surface area contributed by atoms with Crippen LogP contribution < -0.4 is 15.0 Å². The van der Waals surface area contributed by atoms with Gasteiger partial charge in [-0.05, 0) is 30.4 Å². The third-order valence-corrected chi connectivity index (χ3v) is 7.63. The smallest absolute Gasteiger partial charge is 0.297 e. The van der Waals surface area contributed by atoms with Gasteiger partial charge in [0.1, 0.15) is 14.9 Å². The van der Waals surface area contributed by atoms with E-state index < -0.39 is 0 Å². The number of amides is 2. The molecule has 0 spiro atoms. The van der Waals surface area contributed by atoms with Crippen LogP contribution in [0.4, 0.5) is 9.80 Å². The SMILES string of the molecule is Cc1nc(-c2ccccc2)c(NC(=O)NSc2[nH+]cc(Sc3ccccc3)s2)s1. The summed E-state index contributed by atoms with van der Waals surface area (Å²) >= 11 is 6.01. The maximum absolute atomic E-state index is 12.4. The van der Waals surface area contributed by atoms with Crippen molar-refractivity contribution in [1.29, 1.82) is 0 Å². The molecule has 4 aromatic rings. The standard InChI is InChI=1S/C20H16N4OS4/c1-13-22-17(14-8-4-2-5-9-14)18(26-13)23-19(25)24-29-20-21-12-16(28-20)27-15-10-6-3-7-11-15/h2-12H,1H3,(H2,23,24,25)/p+1. The molecule has 0 fully saturated rings. The number of aromatic nitrogens is 2. The molecule has 2 aromatic heterocycles. The van der Waals surface area contributed by atoms with E-state index in [-0.39, 0.29) is 6.03 Å². The Morgan fingerprint density at radius 3 is 2.52 bits per heavy atom. The van der Waals surface area contributed by atoms with Gasteiger partial charge in [-0.15, -0.1) is 11.3 Å². The Balaban J connectivity index is 1.36. The highest BCUT2D eigenvalue weighted by molar-refractivity contribution is 8.02. The van der Waals surface area contributed by atoms with Crippen LogP contribution in [0.3, 0.4) is 0 Å². The second-order valence-electron chi connectivity index (χ2n) is 5.85. The predicted molar refractivity (Wildman–Crippen MR) is 122 cm³/mol. The Hall–Kier alpha value is -2.33. The molecule has 2 heterocycles. The van der Waals surface area contributed by atoms with E-state index in [4.69, 9.17) is 0 Å². The third-order valence-electron chi connectivity index (χ3n) is 3.71. The number of hydrogen-bond donors (Lipinski definition) is 2. The number of anilines is 1. The van der Waals surface area contributed by atoms with Crippen molar-refractivity contribution in [2.45, 2.75) is 20.4 Å². The number of nitrogens with one attached hydrogen (secondary N) is 3. The van der Waals surface area contributed by atoms with Crippen molar-refractivity contribution in [1.82, 2.24) is 9.71 Å². The molecule has 0 bridgehead atoms. The number of carbonyl (C=O) groups is 1. The van der Waals surface area contributed by atoms with Crippen molar-refractivity contribution >= 4 is 57.4 Å². The van der Waals surface area contributed by atoms with E-state index in [0.29, 0.717) is 0 Å². The highest BCUT2D eigenvalue weighted by atomic mass is 32.2. The summed E-state index contributed by atoms with van der Waals surface area (Å²) in [6.45, 7) is 1.93. The largest absolute Gasteiger partial charge is 0.330 e. The van der Waals surface area contributed by atoms with Gasteiger partial charge in [0.25, 0.3) is 0 Å². The summed E-state index contributed by atoms with van der Waals surface area (Å²) < 4.78 is 4.86. The average molecular weight is 458 g/mol. The molecule has 2 amide bonds. The number of urea groups is 1. The molecule has 3 N–H and O–H groups in total. The quantitative estimate of drug-likeness (QED) is 0.350. The summed E-state index contributed by atoms with van der Waals surface area (Å²) in [7, 11) is 0. The lowest BCUT2D eigenvalue weighted by atomic mass is 10.2. The topological polar surface area (TPSA) is 68.2 Å². The van der Waals surface area contributed by atoms with Crippen LogP contribution in [0, 0.1) is 6.92 Å². The number of carbonyl (C=O) groups excluding carboxylic acids is 1. The average Bonchev–Trinajstić information content (AvgIpc) is 3.34. The van der Waals surface area contributed by atoms with E-state index in [9.17, 15) is 4.79 Å². The van der Waals surface area contributed by atoms with E-state index in [2.05, 4.69) is 32.1 Å². The molecule has 146 valence electrons. The molecular formula is C20H17N4OS4+. The van der Waals surface area contributed by atoms with Crippen molar-refractivity contribution in [2.75, 3.05) is 5.32 Å². The molecule has 0 aliphatic heterocycles. The first-order valence-corrected chi connectivity index (χ1v) is 11.9. The molecule has 0 aliphatic carbocycles. The summed E-state index contributed by atoms with van der Waals surface area (Å²) in [6.07, 6.45) is 1.95. The summed E-state index contributed by atoms with van der Waals surface area (Å²) in [6, 6.07) is 19.8. The molecule has 0 unspecified atom stereocenters. The predicted octanol–water partition coefficient (Wildman–Crippen LogP) is 5.97. The lowest BCUT2D eigenvalue weighted by Crippen LogP contribution is -2.23. The molecule has 0 aliphatic rings. The summed E-state index contributed by atoms with van der Waals surface area (Å²) in [4.78, 5) is 21.3. The van der Waals surface area contributed by atoms with Gasteiger partial charge in [-0.2, -0.15) is 4.98 Å². The van der Waals surface area contributed by atoms with Crippen LogP contribution in [-0.4, -0.2) is 11.0 Å². The number of H-pyrrole nitrogens is 1. The van der Waals surface area contributed by atoms with Crippen LogP contribution in [0.1, 0.15) is 5.01 Å². The van der Waals surface area contributed by atoms with E-state index in [0.717, 1.165) is 29.8 Å². The molecule has 0 saturated carbocycles. The normalized spacial score (nSPS) is 10.7. The van der Waals surface area contributed by atoms with E-state index in [1.54, 1.807) is 23.1 Å². The minimum atomic E-state index is -0.283. The fourth-order valence-electron chi connectivity index (χ4n) is 2.50. The van der Waals surface area contributed by atoms with Gasteiger partial charge in [0.15, 0.2) is 6.20 Å². The molecule has 9 heteroatoms. The monoisotopic (exact) mass is 457 g/mol. The molecule has 2 aromatic carbocycles. The highest BCUT2D eigenvalue weighted by Gasteiger charge is 2.16. The van der Waals surface area contributed by atoms with Gasteiger partial charge in [0.05, 0.1) is 17.0 Å². The number of nitrogens with zero attached hydrogens (tertiary/aromatic N) is 1. The number of aryl methyl sites for hydroxylation is 1. The van der Waals surface area contributed by atoms with E-state index in [1.807, 2.05) is 61.7 Å². The van der Waals surface area contributed by atoms with Crippen molar-refractivity contribution < 1.29 is 9.78 Å². The number of benzene rings is 2. The Morgan fingerprint density at radius 1 is 1.03 bits per heavy atom.